The number of anilines is 2. The predicted molar refractivity (Wildman–Crippen MR) is 93.2 cm³/mol. The number of carbonyl (C=O) groups excluding carboxylic acids is 1. The van der Waals surface area contributed by atoms with Crippen molar-refractivity contribution in [2.24, 2.45) is 0 Å². The Bertz CT molecular complexity index is 670. The molecule has 2 aromatic heterocycles. The van der Waals surface area contributed by atoms with E-state index < -0.39 is 0 Å². The second-order valence-corrected chi connectivity index (χ2v) is 6.49. The monoisotopic (exact) mass is 347 g/mol. The van der Waals surface area contributed by atoms with E-state index in [2.05, 4.69) is 42.2 Å². The molecule has 0 radical (unpaired) electrons. The van der Waals surface area contributed by atoms with Crippen molar-refractivity contribution in [2.75, 3.05) is 36.4 Å². The lowest BCUT2D eigenvalue weighted by atomic mass is 10.2. The third-order valence-corrected chi connectivity index (χ3v) is 4.83. The summed E-state index contributed by atoms with van der Waals surface area (Å²) in [6.45, 7) is 7.33. The zero-order valence-corrected chi connectivity index (χ0v) is 14.7. The molecule has 1 aliphatic heterocycles. The van der Waals surface area contributed by atoms with Gasteiger partial charge in [0.1, 0.15) is 17.7 Å². The van der Waals surface area contributed by atoms with Gasteiger partial charge in [0.25, 0.3) is 0 Å². The fourth-order valence-electron chi connectivity index (χ4n) is 2.69. The van der Waals surface area contributed by atoms with Crippen LogP contribution in [0.15, 0.2) is 17.9 Å². The van der Waals surface area contributed by atoms with E-state index in [1.54, 1.807) is 11.8 Å². The molecule has 0 bridgehead atoms. The minimum Gasteiger partial charge on any atom is -0.354 e. The van der Waals surface area contributed by atoms with Crippen LogP contribution in [-0.4, -0.2) is 63.2 Å². The highest BCUT2D eigenvalue weighted by Crippen LogP contribution is 2.16. The predicted octanol–water partition coefficient (Wildman–Crippen LogP) is 1.04. The van der Waals surface area contributed by atoms with Crippen LogP contribution in [0.25, 0.3) is 0 Å². The number of hydrogen-bond acceptors (Lipinski definition) is 8. The van der Waals surface area contributed by atoms with Crippen LogP contribution in [0.2, 0.25) is 0 Å². The number of nitrogens with one attached hydrogen (secondary N) is 1. The summed E-state index contributed by atoms with van der Waals surface area (Å²) in [4.78, 5) is 25.3. The van der Waals surface area contributed by atoms with Crippen LogP contribution in [-0.2, 0) is 11.2 Å². The maximum absolute atomic E-state index is 12.3. The van der Waals surface area contributed by atoms with Crippen molar-refractivity contribution in [3.8, 4) is 0 Å². The normalized spacial score (nSPS) is 16.8. The maximum Gasteiger partial charge on any atom is 0.243 e. The smallest absolute Gasteiger partial charge is 0.243 e. The molecule has 0 aromatic carbocycles. The zero-order chi connectivity index (χ0) is 16.9. The van der Waals surface area contributed by atoms with E-state index in [1.165, 1.54) is 11.3 Å². The Hall–Kier alpha value is -2.13. The first kappa shape index (κ1) is 16.7. The van der Waals surface area contributed by atoms with Gasteiger partial charge in [-0.2, -0.15) is 0 Å². The molecule has 1 amide bonds. The second kappa shape index (κ2) is 7.63. The Morgan fingerprint density at radius 3 is 2.79 bits per heavy atom. The Balaban J connectivity index is 1.55. The van der Waals surface area contributed by atoms with Gasteiger partial charge in [-0.1, -0.05) is 18.3 Å². The van der Waals surface area contributed by atoms with Crippen LogP contribution < -0.4 is 10.2 Å². The van der Waals surface area contributed by atoms with Gasteiger partial charge in [0.15, 0.2) is 0 Å². The topological polar surface area (TPSA) is 87.1 Å². The van der Waals surface area contributed by atoms with Gasteiger partial charge in [-0.3, -0.25) is 15.0 Å². The van der Waals surface area contributed by atoms with Crippen LogP contribution in [0, 0.1) is 0 Å². The molecule has 1 aliphatic rings. The Kier molecular flexibility index (Phi) is 5.31. The van der Waals surface area contributed by atoms with Gasteiger partial charge < -0.3 is 4.90 Å². The first-order valence-electron chi connectivity index (χ1n) is 8.04. The SMILES string of the molecule is CCc1cc(N2CCN(C(C)C(=O)Nc3nncs3)CC2)ncn1. The highest BCUT2D eigenvalue weighted by atomic mass is 32.1. The number of carbonyl (C=O) groups is 1. The second-order valence-electron chi connectivity index (χ2n) is 5.65. The Labute approximate surface area is 144 Å². The van der Waals surface area contributed by atoms with Crippen molar-refractivity contribution in [1.82, 2.24) is 25.1 Å². The molecule has 128 valence electrons. The summed E-state index contributed by atoms with van der Waals surface area (Å²) >= 11 is 1.32. The van der Waals surface area contributed by atoms with Crippen molar-refractivity contribution in [1.29, 1.82) is 0 Å². The van der Waals surface area contributed by atoms with Crippen molar-refractivity contribution < 1.29 is 4.79 Å². The van der Waals surface area contributed by atoms with Gasteiger partial charge in [-0.05, 0) is 13.3 Å². The van der Waals surface area contributed by atoms with Crippen molar-refractivity contribution >= 4 is 28.2 Å². The third kappa shape index (κ3) is 3.85. The lowest BCUT2D eigenvalue weighted by molar-refractivity contribution is -0.120. The molecule has 0 spiro atoms. The molecule has 8 nitrogen and oxygen atoms in total. The largest absolute Gasteiger partial charge is 0.354 e. The number of piperazine rings is 1. The summed E-state index contributed by atoms with van der Waals surface area (Å²) in [5, 5.41) is 10.9. The number of aryl methyl sites for hydroxylation is 1. The molecule has 3 rings (SSSR count). The third-order valence-electron chi connectivity index (χ3n) is 4.23. The molecule has 1 atom stereocenters. The summed E-state index contributed by atoms with van der Waals surface area (Å²) in [7, 11) is 0. The highest BCUT2D eigenvalue weighted by molar-refractivity contribution is 7.13. The molecule has 1 fully saturated rings. The molecule has 0 aliphatic carbocycles. The first-order valence-corrected chi connectivity index (χ1v) is 8.92. The number of amides is 1. The summed E-state index contributed by atoms with van der Waals surface area (Å²) in [6.07, 6.45) is 2.52. The fourth-order valence-corrected chi connectivity index (χ4v) is 3.14. The number of nitrogens with zero attached hydrogens (tertiary/aromatic N) is 6. The van der Waals surface area contributed by atoms with Crippen LogP contribution in [0.5, 0.6) is 0 Å². The summed E-state index contributed by atoms with van der Waals surface area (Å²) in [5.74, 6) is 0.919. The lowest BCUT2D eigenvalue weighted by Gasteiger charge is -2.37. The van der Waals surface area contributed by atoms with Crippen LogP contribution >= 0.6 is 11.3 Å². The molecule has 1 N–H and O–H groups in total. The molecule has 3 heterocycles. The zero-order valence-electron chi connectivity index (χ0n) is 13.8. The van der Waals surface area contributed by atoms with E-state index in [0.717, 1.165) is 44.1 Å². The summed E-state index contributed by atoms with van der Waals surface area (Å²) in [6, 6.07) is 1.84. The highest BCUT2D eigenvalue weighted by Gasteiger charge is 2.26. The van der Waals surface area contributed by atoms with E-state index in [4.69, 9.17) is 0 Å². The van der Waals surface area contributed by atoms with Gasteiger partial charge in [-0.25, -0.2) is 9.97 Å². The van der Waals surface area contributed by atoms with Crippen molar-refractivity contribution in [2.45, 2.75) is 26.3 Å². The summed E-state index contributed by atoms with van der Waals surface area (Å²) in [5.41, 5.74) is 2.65. The molecule has 0 saturated carbocycles. The average Bonchev–Trinajstić information content (AvgIpc) is 3.14. The molecule has 24 heavy (non-hydrogen) atoms. The molecular formula is C15H21N7OS. The average molecular weight is 347 g/mol. The van der Waals surface area contributed by atoms with E-state index in [1.807, 2.05) is 13.0 Å². The van der Waals surface area contributed by atoms with Crippen LogP contribution in [0.1, 0.15) is 19.5 Å². The van der Waals surface area contributed by atoms with Crippen molar-refractivity contribution in [3.05, 3.63) is 23.6 Å². The number of rotatable bonds is 5. The number of aromatic nitrogens is 4. The standard InChI is InChI=1S/C15H21N7OS/c1-3-12-8-13(17-9-16-12)22-6-4-21(5-7-22)11(2)14(23)19-15-20-18-10-24-15/h8-11H,3-7H2,1-2H3,(H,19,20,23). The van der Waals surface area contributed by atoms with Crippen LogP contribution in [0.4, 0.5) is 10.9 Å². The molecule has 1 unspecified atom stereocenters. The van der Waals surface area contributed by atoms with Gasteiger partial charge in [0.05, 0.1) is 6.04 Å². The van der Waals surface area contributed by atoms with E-state index >= 15 is 0 Å². The molecule has 1 saturated heterocycles. The Morgan fingerprint density at radius 2 is 2.12 bits per heavy atom. The lowest BCUT2D eigenvalue weighted by Crippen LogP contribution is -2.53. The van der Waals surface area contributed by atoms with Gasteiger partial charge in [0, 0.05) is 37.9 Å². The number of hydrogen-bond donors (Lipinski definition) is 1. The quantitative estimate of drug-likeness (QED) is 0.864. The molecule has 2 aromatic rings. The molecular weight excluding hydrogens is 326 g/mol. The van der Waals surface area contributed by atoms with E-state index in [0.29, 0.717) is 5.13 Å². The first-order chi connectivity index (χ1) is 11.7. The minimum atomic E-state index is -0.201. The van der Waals surface area contributed by atoms with Gasteiger partial charge in [0.2, 0.25) is 11.0 Å². The van der Waals surface area contributed by atoms with E-state index in [-0.39, 0.29) is 11.9 Å². The fraction of sp³-hybridized carbons (Fsp3) is 0.533. The molecule has 9 heteroatoms. The van der Waals surface area contributed by atoms with Crippen LogP contribution in [0.3, 0.4) is 0 Å². The maximum atomic E-state index is 12.3. The van der Waals surface area contributed by atoms with Gasteiger partial charge in [-0.15, -0.1) is 10.2 Å². The summed E-state index contributed by atoms with van der Waals surface area (Å²) < 4.78 is 0. The van der Waals surface area contributed by atoms with Gasteiger partial charge >= 0.3 is 0 Å². The Morgan fingerprint density at radius 1 is 1.33 bits per heavy atom. The minimum absolute atomic E-state index is 0.0458. The van der Waals surface area contributed by atoms with Crippen molar-refractivity contribution in [3.63, 3.8) is 0 Å². The van der Waals surface area contributed by atoms with E-state index in [9.17, 15) is 4.79 Å².